The minimum Gasteiger partial charge on any atom is -0.350 e. The first kappa shape index (κ1) is 21.3. The summed E-state index contributed by atoms with van der Waals surface area (Å²) in [7, 11) is -1.54. The fourth-order valence-electron chi connectivity index (χ4n) is 2.73. The van der Waals surface area contributed by atoms with E-state index in [-0.39, 0.29) is 16.1 Å². The van der Waals surface area contributed by atoms with Gasteiger partial charge in [-0.25, -0.2) is 13.4 Å². The normalized spacial score (nSPS) is 17.4. The van der Waals surface area contributed by atoms with Gasteiger partial charge in [0.25, 0.3) is 0 Å². The predicted octanol–water partition coefficient (Wildman–Crippen LogP) is 1.88. The van der Waals surface area contributed by atoms with Gasteiger partial charge in [0.15, 0.2) is 0 Å². The Balaban J connectivity index is 1.56. The lowest BCUT2D eigenvalue weighted by atomic mass is 10.4. The van der Waals surface area contributed by atoms with E-state index < -0.39 is 10.0 Å². The number of nitrogens with zero attached hydrogens (tertiary/aromatic N) is 3. The average Bonchev–Trinajstić information content (AvgIpc) is 3.20. The van der Waals surface area contributed by atoms with E-state index in [0.717, 1.165) is 18.0 Å². The Bertz CT molecular complexity index is 877. The van der Waals surface area contributed by atoms with Crippen molar-refractivity contribution in [1.29, 1.82) is 0 Å². The molecular weight excluding hydrogens is 416 g/mol. The summed E-state index contributed by atoms with van der Waals surface area (Å²) >= 11 is 2.91. The van der Waals surface area contributed by atoms with Crippen molar-refractivity contribution in [3.8, 4) is 0 Å². The van der Waals surface area contributed by atoms with E-state index in [0.29, 0.717) is 24.7 Å². The zero-order valence-corrected chi connectivity index (χ0v) is 18.3. The molecule has 0 bridgehead atoms. The summed E-state index contributed by atoms with van der Waals surface area (Å²) in [6.45, 7) is 4.73. The molecule has 1 unspecified atom stereocenters. The zero-order valence-electron chi connectivity index (χ0n) is 15.9. The first-order chi connectivity index (χ1) is 13.4. The summed E-state index contributed by atoms with van der Waals surface area (Å²) in [5, 5.41) is 5.17. The van der Waals surface area contributed by atoms with E-state index in [9.17, 15) is 13.2 Å². The summed E-state index contributed by atoms with van der Waals surface area (Å²) in [6.07, 6.45) is 1.38. The van der Waals surface area contributed by atoms with Gasteiger partial charge in [-0.2, -0.15) is 4.31 Å². The summed E-state index contributed by atoms with van der Waals surface area (Å²) in [6, 6.07) is 7.16. The number of likely N-dealkylation sites (N-methyl/N-ethyl adjacent to an activating group) is 1. The highest BCUT2D eigenvalue weighted by atomic mass is 32.2. The van der Waals surface area contributed by atoms with Gasteiger partial charge in [0, 0.05) is 37.3 Å². The van der Waals surface area contributed by atoms with Gasteiger partial charge in [-0.3, -0.25) is 4.79 Å². The maximum atomic E-state index is 12.7. The summed E-state index contributed by atoms with van der Waals surface area (Å²) in [4.78, 5) is 19.9. The number of thioether (sulfide) groups is 1. The van der Waals surface area contributed by atoms with Crippen LogP contribution in [0, 0.1) is 0 Å². The Kier molecular flexibility index (Phi) is 7.10. The quantitative estimate of drug-likeness (QED) is 0.662. The summed E-state index contributed by atoms with van der Waals surface area (Å²) in [5.41, 5.74) is 0. The van der Waals surface area contributed by atoms with Gasteiger partial charge in [-0.1, -0.05) is 17.8 Å². The molecule has 1 aliphatic heterocycles. The third kappa shape index (κ3) is 5.32. The standard InChI is InChI=1S/C18H24N4O3S3/c1-14(18(23)20-12-15-4-3-11-26-15)27-17-6-5-16(13-19-17)28(24,25)22-9-7-21(2)8-10-22/h3-6,11,13-14H,7-10,12H2,1-2H3,(H,20,23). The maximum absolute atomic E-state index is 12.7. The molecule has 0 aromatic carbocycles. The van der Waals surface area contributed by atoms with Crippen molar-refractivity contribution in [3.63, 3.8) is 0 Å². The van der Waals surface area contributed by atoms with Gasteiger partial charge in [-0.05, 0) is 37.6 Å². The minimum atomic E-state index is -3.52. The summed E-state index contributed by atoms with van der Waals surface area (Å²) in [5.74, 6) is -0.0747. The number of amides is 1. The molecule has 152 valence electrons. The molecule has 3 heterocycles. The van der Waals surface area contributed by atoms with E-state index in [2.05, 4.69) is 15.2 Å². The number of sulfonamides is 1. The third-order valence-electron chi connectivity index (χ3n) is 4.49. The van der Waals surface area contributed by atoms with Crippen molar-refractivity contribution in [2.75, 3.05) is 33.2 Å². The van der Waals surface area contributed by atoms with Crippen LogP contribution >= 0.6 is 23.1 Å². The Labute approximate surface area is 174 Å². The topological polar surface area (TPSA) is 82.6 Å². The number of carbonyl (C=O) groups is 1. The van der Waals surface area contributed by atoms with Gasteiger partial charge in [0.1, 0.15) is 4.90 Å². The predicted molar refractivity (Wildman–Crippen MR) is 112 cm³/mol. The van der Waals surface area contributed by atoms with Crippen molar-refractivity contribution in [1.82, 2.24) is 19.5 Å². The Morgan fingerprint density at radius 2 is 2.04 bits per heavy atom. The van der Waals surface area contributed by atoms with Crippen LogP contribution in [0.3, 0.4) is 0 Å². The molecule has 0 aliphatic carbocycles. The molecule has 0 spiro atoms. The van der Waals surface area contributed by atoms with E-state index in [1.165, 1.54) is 22.3 Å². The van der Waals surface area contributed by atoms with Crippen molar-refractivity contribution >= 4 is 39.0 Å². The number of piperazine rings is 1. The smallest absolute Gasteiger partial charge is 0.244 e. The van der Waals surface area contributed by atoms with Crippen molar-refractivity contribution in [3.05, 3.63) is 40.7 Å². The highest BCUT2D eigenvalue weighted by Crippen LogP contribution is 2.24. The second-order valence-corrected chi connectivity index (χ2v) is 10.9. The number of aromatic nitrogens is 1. The highest BCUT2D eigenvalue weighted by molar-refractivity contribution is 8.00. The molecule has 1 fully saturated rings. The maximum Gasteiger partial charge on any atom is 0.244 e. The SMILES string of the molecule is CC(Sc1ccc(S(=O)(=O)N2CCN(C)CC2)cn1)C(=O)NCc1cccs1. The van der Waals surface area contributed by atoms with Crippen molar-refractivity contribution < 1.29 is 13.2 Å². The average molecular weight is 441 g/mol. The molecule has 10 heteroatoms. The molecule has 0 radical (unpaired) electrons. The lowest BCUT2D eigenvalue weighted by Crippen LogP contribution is -2.47. The number of pyridine rings is 1. The van der Waals surface area contributed by atoms with Gasteiger partial charge in [0.05, 0.1) is 16.8 Å². The number of hydrogen-bond donors (Lipinski definition) is 1. The van der Waals surface area contributed by atoms with E-state index in [1.807, 2.05) is 31.5 Å². The van der Waals surface area contributed by atoms with Crippen LogP contribution < -0.4 is 5.32 Å². The molecule has 3 rings (SSSR count). The molecule has 1 aliphatic rings. The van der Waals surface area contributed by atoms with Gasteiger partial charge < -0.3 is 10.2 Å². The molecule has 2 aromatic heterocycles. The molecule has 1 N–H and O–H groups in total. The molecule has 1 saturated heterocycles. The molecule has 28 heavy (non-hydrogen) atoms. The lowest BCUT2D eigenvalue weighted by molar-refractivity contribution is -0.120. The van der Waals surface area contributed by atoms with Crippen LogP contribution in [-0.4, -0.2) is 67.0 Å². The van der Waals surface area contributed by atoms with Crippen LogP contribution in [0.15, 0.2) is 45.8 Å². The van der Waals surface area contributed by atoms with E-state index >= 15 is 0 Å². The molecule has 1 amide bonds. The fourth-order valence-corrected chi connectivity index (χ4v) is 5.56. The van der Waals surface area contributed by atoms with Crippen LogP contribution in [0.25, 0.3) is 0 Å². The molecule has 7 nitrogen and oxygen atoms in total. The second-order valence-electron chi connectivity index (χ2n) is 6.60. The van der Waals surface area contributed by atoms with Crippen LogP contribution in [0.4, 0.5) is 0 Å². The summed E-state index contributed by atoms with van der Waals surface area (Å²) < 4.78 is 27.0. The van der Waals surface area contributed by atoms with Gasteiger partial charge in [0.2, 0.25) is 15.9 Å². The molecule has 2 aromatic rings. The molecule has 0 saturated carbocycles. The van der Waals surface area contributed by atoms with Crippen molar-refractivity contribution in [2.45, 2.75) is 28.6 Å². The number of nitrogens with one attached hydrogen (secondary N) is 1. The second kappa shape index (κ2) is 9.36. The Hall–Kier alpha value is -1.46. The van der Waals surface area contributed by atoms with Crippen molar-refractivity contribution in [2.24, 2.45) is 0 Å². The van der Waals surface area contributed by atoms with Crippen LogP contribution in [-0.2, 0) is 21.4 Å². The highest BCUT2D eigenvalue weighted by Gasteiger charge is 2.27. The molecular formula is C18H24N4O3S3. The number of carbonyl (C=O) groups excluding carboxylic acids is 1. The molecule has 1 atom stereocenters. The largest absolute Gasteiger partial charge is 0.350 e. The number of thiophene rings is 1. The monoisotopic (exact) mass is 440 g/mol. The van der Waals surface area contributed by atoms with E-state index in [1.54, 1.807) is 23.5 Å². The number of hydrogen-bond acceptors (Lipinski definition) is 7. The Morgan fingerprint density at radius 3 is 2.64 bits per heavy atom. The Morgan fingerprint density at radius 1 is 1.29 bits per heavy atom. The number of rotatable bonds is 7. The van der Waals surface area contributed by atoms with Crippen LogP contribution in [0.1, 0.15) is 11.8 Å². The van der Waals surface area contributed by atoms with Gasteiger partial charge in [-0.15, -0.1) is 11.3 Å². The van der Waals surface area contributed by atoms with Crippen LogP contribution in [0.5, 0.6) is 0 Å². The minimum absolute atomic E-state index is 0.0747. The van der Waals surface area contributed by atoms with E-state index in [4.69, 9.17) is 0 Å². The first-order valence-electron chi connectivity index (χ1n) is 8.98. The van der Waals surface area contributed by atoms with Gasteiger partial charge >= 0.3 is 0 Å². The van der Waals surface area contributed by atoms with Crippen LogP contribution in [0.2, 0.25) is 0 Å². The first-order valence-corrected chi connectivity index (χ1v) is 12.2. The zero-order chi connectivity index (χ0) is 20.1. The fraction of sp³-hybridized carbons (Fsp3) is 0.444. The lowest BCUT2D eigenvalue weighted by Gasteiger charge is -2.31. The third-order valence-corrected chi connectivity index (χ3v) is 8.30.